The molecule has 0 radical (unpaired) electrons. The Hall–Kier alpha value is -2.41. The summed E-state index contributed by atoms with van der Waals surface area (Å²) in [4.78, 5) is 27.8. The van der Waals surface area contributed by atoms with Gasteiger partial charge in [0.2, 0.25) is 5.91 Å². The molecule has 0 aliphatic carbocycles. The highest BCUT2D eigenvalue weighted by Gasteiger charge is 2.19. The van der Waals surface area contributed by atoms with Crippen molar-refractivity contribution in [2.24, 2.45) is 0 Å². The Morgan fingerprint density at radius 3 is 3.04 bits per heavy atom. The minimum Gasteiger partial charge on any atom is -0.338 e. The molecule has 0 fully saturated rings. The minimum atomic E-state index is -0.204. The second kappa shape index (κ2) is 7.00. The van der Waals surface area contributed by atoms with Gasteiger partial charge in [0.1, 0.15) is 0 Å². The maximum absolute atomic E-state index is 12.0. The number of nitrogens with zero attached hydrogens (tertiary/aromatic N) is 1. The van der Waals surface area contributed by atoms with Crippen LogP contribution in [-0.2, 0) is 17.6 Å². The van der Waals surface area contributed by atoms with E-state index in [-0.39, 0.29) is 18.0 Å². The number of carbonyl (C=O) groups is 2. The number of amides is 3. The number of aryl methyl sites for hydroxylation is 1. The predicted octanol–water partition coefficient (Wildman–Crippen LogP) is 2.55. The lowest BCUT2D eigenvalue weighted by atomic mass is 10.0. The molecule has 0 unspecified atom stereocenters. The van der Waals surface area contributed by atoms with Crippen LogP contribution in [0.1, 0.15) is 34.8 Å². The third kappa shape index (κ3) is 3.91. The highest BCUT2D eigenvalue weighted by atomic mass is 32.1. The van der Waals surface area contributed by atoms with Gasteiger partial charge in [0, 0.05) is 24.0 Å². The van der Waals surface area contributed by atoms with Gasteiger partial charge in [-0.2, -0.15) is 0 Å². The van der Waals surface area contributed by atoms with Crippen LogP contribution in [0.2, 0.25) is 0 Å². The van der Waals surface area contributed by atoms with Crippen LogP contribution in [0.25, 0.3) is 0 Å². The maximum Gasteiger partial charge on any atom is 0.315 e. The molecule has 1 atom stereocenters. The van der Waals surface area contributed by atoms with Gasteiger partial charge in [0.05, 0.1) is 23.2 Å². The molecule has 3 N–H and O–H groups in total. The molecule has 126 valence electrons. The number of urea groups is 1. The van der Waals surface area contributed by atoms with Gasteiger partial charge in [-0.15, -0.1) is 11.3 Å². The van der Waals surface area contributed by atoms with Gasteiger partial charge >= 0.3 is 6.03 Å². The first-order chi connectivity index (χ1) is 11.5. The van der Waals surface area contributed by atoms with Gasteiger partial charge in [0.25, 0.3) is 0 Å². The summed E-state index contributed by atoms with van der Waals surface area (Å²) in [7, 11) is 0. The van der Waals surface area contributed by atoms with E-state index in [1.54, 1.807) is 11.3 Å². The van der Waals surface area contributed by atoms with Crippen molar-refractivity contribution in [3.05, 3.63) is 45.4 Å². The lowest BCUT2D eigenvalue weighted by Gasteiger charge is -2.16. The molecular weight excluding hydrogens is 324 g/mol. The maximum atomic E-state index is 12.0. The normalized spacial score (nSPS) is 14.0. The molecule has 1 aromatic heterocycles. The number of carbonyl (C=O) groups excluding carboxylic acids is 2. The fourth-order valence-electron chi connectivity index (χ4n) is 2.68. The fraction of sp³-hybridized carbons (Fsp3) is 0.353. The van der Waals surface area contributed by atoms with Crippen molar-refractivity contribution < 1.29 is 9.59 Å². The van der Waals surface area contributed by atoms with Crippen LogP contribution in [0.15, 0.2) is 23.6 Å². The van der Waals surface area contributed by atoms with Crippen molar-refractivity contribution in [3.8, 4) is 0 Å². The highest BCUT2D eigenvalue weighted by molar-refractivity contribution is 7.09. The second-order valence-corrected chi connectivity index (χ2v) is 6.93. The summed E-state index contributed by atoms with van der Waals surface area (Å²) in [5.74, 6) is 0.0118. The zero-order valence-electron chi connectivity index (χ0n) is 13.7. The fourth-order valence-corrected chi connectivity index (χ4v) is 3.32. The Balaban J connectivity index is 1.49. The summed E-state index contributed by atoms with van der Waals surface area (Å²) in [6.07, 6.45) is 1.12. The largest absolute Gasteiger partial charge is 0.338 e. The zero-order chi connectivity index (χ0) is 17.1. The van der Waals surface area contributed by atoms with E-state index < -0.39 is 0 Å². The van der Waals surface area contributed by atoms with E-state index in [9.17, 15) is 9.59 Å². The average Bonchev–Trinajstić information content (AvgIpc) is 3.10. The molecule has 3 rings (SSSR count). The lowest BCUT2D eigenvalue weighted by Crippen LogP contribution is -2.38. The third-order valence-corrected chi connectivity index (χ3v) is 4.76. The Morgan fingerprint density at radius 1 is 1.46 bits per heavy atom. The monoisotopic (exact) mass is 344 g/mol. The quantitative estimate of drug-likeness (QED) is 0.779. The minimum absolute atomic E-state index is 0.0118. The number of hydrogen-bond donors (Lipinski definition) is 3. The van der Waals surface area contributed by atoms with Gasteiger partial charge in [-0.05, 0) is 31.0 Å². The van der Waals surface area contributed by atoms with E-state index in [0.29, 0.717) is 13.0 Å². The molecule has 7 heteroatoms. The molecule has 1 aromatic carbocycles. The van der Waals surface area contributed by atoms with Crippen LogP contribution >= 0.6 is 11.3 Å². The van der Waals surface area contributed by atoms with E-state index in [4.69, 9.17) is 0 Å². The lowest BCUT2D eigenvalue weighted by molar-refractivity contribution is -0.115. The van der Waals surface area contributed by atoms with Crippen LogP contribution in [0.5, 0.6) is 0 Å². The Morgan fingerprint density at radius 2 is 2.29 bits per heavy atom. The van der Waals surface area contributed by atoms with Crippen molar-refractivity contribution in [2.45, 2.75) is 32.7 Å². The van der Waals surface area contributed by atoms with Gasteiger partial charge in [0.15, 0.2) is 0 Å². The van der Waals surface area contributed by atoms with Crippen molar-refractivity contribution in [2.75, 3.05) is 11.9 Å². The van der Waals surface area contributed by atoms with E-state index in [1.165, 1.54) is 0 Å². The van der Waals surface area contributed by atoms with Gasteiger partial charge in [-0.3, -0.25) is 4.79 Å². The second-order valence-electron chi connectivity index (χ2n) is 5.87. The number of benzene rings is 1. The number of aromatic nitrogens is 1. The summed E-state index contributed by atoms with van der Waals surface area (Å²) in [6.45, 7) is 4.44. The topological polar surface area (TPSA) is 83.1 Å². The molecule has 2 aromatic rings. The molecule has 0 bridgehead atoms. The zero-order valence-corrected chi connectivity index (χ0v) is 14.5. The van der Waals surface area contributed by atoms with Crippen LogP contribution < -0.4 is 16.0 Å². The van der Waals surface area contributed by atoms with Crippen molar-refractivity contribution in [3.63, 3.8) is 0 Å². The highest BCUT2D eigenvalue weighted by Crippen LogP contribution is 2.26. The molecule has 1 aliphatic rings. The van der Waals surface area contributed by atoms with E-state index in [1.807, 2.05) is 37.4 Å². The summed E-state index contributed by atoms with van der Waals surface area (Å²) in [5, 5.41) is 11.6. The summed E-state index contributed by atoms with van der Waals surface area (Å²) < 4.78 is 0. The van der Waals surface area contributed by atoms with Crippen molar-refractivity contribution in [1.29, 1.82) is 0 Å². The predicted molar refractivity (Wildman–Crippen MR) is 94.3 cm³/mol. The number of hydrogen-bond acceptors (Lipinski definition) is 4. The first-order valence-electron chi connectivity index (χ1n) is 7.89. The van der Waals surface area contributed by atoms with Gasteiger partial charge in [-0.1, -0.05) is 12.1 Å². The summed E-state index contributed by atoms with van der Waals surface area (Å²) in [6, 6.07) is 5.44. The van der Waals surface area contributed by atoms with Crippen molar-refractivity contribution in [1.82, 2.24) is 15.6 Å². The van der Waals surface area contributed by atoms with E-state index >= 15 is 0 Å². The first kappa shape index (κ1) is 16.4. The molecule has 1 aliphatic heterocycles. The smallest absolute Gasteiger partial charge is 0.315 e. The third-order valence-electron chi connectivity index (χ3n) is 3.94. The number of anilines is 1. The van der Waals surface area contributed by atoms with E-state index in [2.05, 4.69) is 20.9 Å². The molecule has 0 saturated carbocycles. The van der Waals surface area contributed by atoms with Crippen LogP contribution in [-0.4, -0.2) is 23.5 Å². The summed E-state index contributed by atoms with van der Waals surface area (Å²) >= 11 is 1.61. The van der Waals surface area contributed by atoms with Gasteiger partial charge in [-0.25, -0.2) is 9.78 Å². The van der Waals surface area contributed by atoms with Gasteiger partial charge < -0.3 is 16.0 Å². The number of rotatable bonds is 5. The SMILES string of the molecule is Cc1nc(CCNC(=O)N[C@H](C)c2ccc3c(c2)CC(=O)N3)cs1. The molecule has 0 spiro atoms. The molecular formula is C17H20N4O2S. The van der Waals surface area contributed by atoms with Crippen LogP contribution in [0.3, 0.4) is 0 Å². The average molecular weight is 344 g/mol. The molecule has 24 heavy (non-hydrogen) atoms. The Kier molecular flexibility index (Phi) is 4.80. The molecule has 3 amide bonds. The van der Waals surface area contributed by atoms with Crippen LogP contribution in [0, 0.1) is 6.92 Å². The number of thiazole rings is 1. The van der Waals surface area contributed by atoms with Crippen molar-refractivity contribution >= 4 is 29.0 Å². The standard InChI is InChI=1S/C17H20N4O2S/c1-10(12-3-4-15-13(7-12)8-16(22)21-15)19-17(23)18-6-5-14-9-24-11(2)20-14/h3-4,7,9-10H,5-6,8H2,1-2H3,(H,21,22)(H2,18,19,23)/t10-/m1/s1. The number of nitrogens with one attached hydrogen (secondary N) is 3. The van der Waals surface area contributed by atoms with E-state index in [0.717, 1.165) is 33.9 Å². The molecule has 2 heterocycles. The first-order valence-corrected chi connectivity index (χ1v) is 8.77. The summed E-state index contributed by atoms with van der Waals surface area (Å²) in [5.41, 5.74) is 3.82. The Labute approximate surface area is 144 Å². The Bertz CT molecular complexity index is 772. The molecule has 0 saturated heterocycles. The number of fused-ring (bicyclic) bond motifs is 1. The molecule has 6 nitrogen and oxygen atoms in total. The van der Waals surface area contributed by atoms with Crippen LogP contribution in [0.4, 0.5) is 10.5 Å².